The van der Waals surface area contributed by atoms with Crippen LogP contribution in [0.1, 0.15) is 39.2 Å². The first-order chi connectivity index (χ1) is 9.42. The SMILES string of the molecule is CCC(C)CC(C)NCC(=O)Nc1cc(Cl)ccc1C. The summed E-state index contributed by atoms with van der Waals surface area (Å²) in [5.74, 6) is 0.641. The predicted octanol–water partition coefficient (Wildman–Crippen LogP) is 4.00. The number of anilines is 1. The number of hydrogen-bond acceptors (Lipinski definition) is 2. The van der Waals surface area contributed by atoms with Crippen molar-refractivity contribution in [1.82, 2.24) is 5.32 Å². The fourth-order valence-electron chi connectivity index (χ4n) is 2.04. The lowest BCUT2D eigenvalue weighted by atomic mass is 10.0. The second kappa shape index (κ2) is 8.28. The van der Waals surface area contributed by atoms with Crippen LogP contribution in [-0.2, 0) is 4.79 Å². The van der Waals surface area contributed by atoms with Gasteiger partial charge < -0.3 is 10.6 Å². The molecule has 0 spiro atoms. The molecule has 2 unspecified atom stereocenters. The highest BCUT2D eigenvalue weighted by molar-refractivity contribution is 6.31. The largest absolute Gasteiger partial charge is 0.325 e. The molecule has 0 bridgehead atoms. The van der Waals surface area contributed by atoms with Crippen LogP contribution in [0.2, 0.25) is 5.02 Å². The first-order valence-electron chi connectivity index (χ1n) is 7.21. The maximum atomic E-state index is 11.9. The summed E-state index contributed by atoms with van der Waals surface area (Å²) < 4.78 is 0. The molecular weight excluding hydrogens is 272 g/mol. The van der Waals surface area contributed by atoms with Gasteiger partial charge in [-0.15, -0.1) is 0 Å². The van der Waals surface area contributed by atoms with Gasteiger partial charge in [0.05, 0.1) is 6.54 Å². The van der Waals surface area contributed by atoms with E-state index in [-0.39, 0.29) is 5.91 Å². The Hall–Kier alpha value is -1.06. The minimum atomic E-state index is -0.0358. The molecule has 1 amide bonds. The van der Waals surface area contributed by atoms with Crippen molar-refractivity contribution < 1.29 is 4.79 Å². The molecule has 0 fully saturated rings. The molecule has 1 aromatic rings. The molecule has 0 saturated heterocycles. The summed E-state index contributed by atoms with van der Waals surface area (Å²) in [5.41, 5.74) is 1.79. The average Bonchev–Trinajstić information content (AvgIpc) is 2.40. The Kier molecular flexibility index (Phi) is 7.03. The fraction of sp³-hybridized carbons (Fsp3) is 0.562. The highest BCUT2D eigenvalue weighted by Gasteiger charge is 2.10. The molecule has 1 rings (SSSR count). The molecule has 0 heterocycles. The molecule has 0 saturated carbocycles. The Morgan fingerprint density at radius 1 is 1.35 bits per heavy atom. The standard InChI is InChI=1S/C16H25ClN2O/c1-5-11(2)8-13(4)18-10-16(20)19-15-9-14(17)7-6-12(15)3/h6-7,9,11,13,18H,5,8,10H2,1-4H3,(H,19,20). The topological polar surface area (TPSA) is 41.1 Å². The van der Waals surface area contributed by atoms with E-state index in [1.54, 1.807) is 6.07 Å². The normalized spacial score (nSPS) is 13.8. The molecule has 0 aromatic heterocycles. The van der Waals surface area contributed by atoms with Gasteiger partial charge in [-0.3, -0.25) is 4.79 Å². The zero-order chi connectivity index (χ0) is 15.1. The number of nitrogens with one attached hydrogen (secondary N) is 2. The van der Waals surface area contributed by atoms with Crippen LogP contribution in [0.25, 0.3) is 0 Å². The summed E-state index contributed by atoms with van der Waals surface area (Å²) in [4.78, 5) is 11.9. The van der Waals surface area contributed by atoms with Crippen LogP contribution in [0, 0.1) is 12.8 Å². The average molecular weight is 297 g/mol. The van der Waals surface area contributed by atoms with E-state index in [0.717, 1.165) is 17.7 Å². The first kappa shape index (κ1) is 17.0. The van der Waals surface area contributed by atoms with Crippen molar-refractivity contribution in [1.29, 1.82) is 0 Å². The molecule has 112 valence electrons. The monoisotopic (exact) mass is 296 g/mol. The number of carbonyl (C=O) groups is 1. The predicted molar refractivity (Wildman–Crippen MR) is 86.4 cm³/mol. The third-order valence-electron chi connectivity index (χ3n) is 3.54. The molecule has 0 radical (unpaired) electrons. The lowest BCUT2D eigenvalue weighted by Gasteiger charge is -2.17. The molecule has 0 aliphatic carbocycles. The fourth-order valence-corrected chi connectivity index (χ4v) is 2.22. The maximum Gasteiger partial charge on any atom is 0.238 e. The van der Waals surface area contributed by atoms with E-state index < -0.39 is 0 Å². The van der Waals surface area contributed by atoms with Gasteiger partial charge in [0.25, 0.3) is 0 Å². The Morgan fingerprint density at radius 2 is 2.05 bits per heavy atom. The van der Waals surface area contributed by atoms with Gasteiger partial charge in [-0.25, -0.2) is 0 Å². The van der Waals surface area contributed by atoms with Crippen LogP contribution in [0.4, 0.5) is 5.69 Å². The maximum absolute atomic E-state index is 11.9. The van der Waals surface area contributed by atoms with Gasteiger partial charge >= 0.3 is 0 Å². The number of rotatable bonds is 7. The van der Waals surface area contributed by atoms with Crippen molar-refractivity contribution in [3.05, 3.63) is 28.8 Å². The second-order valence-corrected chi connectivity index (χ2v) is 5.97. The molecule has 3 nitrogen and oxygen atoms in total. The van der Waals surface area contributed by atoms with Crippen LogP contribution in [0.3, 0.4) is 0 Å². The van der Waals surface area contributed by atoms with Crippen LogP contribution in [0.15, 0.2) is 18.2 Å². The van der Waals surface area contributed by atoms with Crippen molar-refractivity contribution in [2.75, 3.05) is 11.9 Å². The van der Waals surface area contributed by atoms with Crippen LogP contribution in [0.5, 0.6) is 0 Å². The molecule has 2 atom stereocenters. The van der Waals surface area contributed by atoms with Crippen molar-refractivity contribution >= 4 is 23.2 Å². The second-order valence-electron chi connectivity index (χ2n) is 5.54. The summed E-state index contributed by atoms with van der Waals surface area (Å²) in [7, 11) is 0. The number of amides is 1. The number of benzene rings is 1. The van der Waals surface area contributed by atoms with Crippen molar-refractivity contribution in [2.24, 2.45) is 5.92 Å². The van der Waals surface area contributed by atoms with Crippen LogP contribution in [-0.4, -0.2) is 18.5 Å². The zero-order valence-corrected chi connectivity index (χ0v) is 13.6. The van der Waals surface area contributed by atoms with E-state index in [9.17, 15) is 4.79 Å². The third-order valence-corrected chi connectivity index (χ3v) is 3.77. The smallest absolute Gasteiger partial charge is 0.238 e. The van der Waals surface area contributed by atoms with Crippen molar-refractivity contribution in [3.8, 4) is 0 Å². The number of halogens is 1. The minimum Gasteiger partial charge on any atom is -0.325 e. The molecule has 20 heavy (non-hydrogen) atoms. The highest BCUT2D eigenvalue weighted by Crippen LogP contribution is 2.19. The van der Waals surface area contributed by atoms with E-state index in [1.165, 1.54) is 6.42 Å². The quantitative estimate of drug-likeness (QED) is 0.798. The van der Waals surface area contributed by atoms with Gasteiger partial charge in [0.2, 0.25) is 5.91 Å². The summed E-state index contributed by atoms with van der Waals surface area (Å²) >= 11 is 5.93. The molecule has 2 N–H and O–H groups in total. The lowest BCUT2D eigenvalue weighted by molar-refractivity contribution is -0.115. The van der Waals surface area contributed by atoms with Gasteiger partial charge in [0.1, 0.15) is 0 Å². The Labute approximate surface area is 127 Å². The molecule has 0 aliphatic rings. The number of aryl methyl sites for hydroxylation is 1. The summed E-state index contributed by atoms with van der Waals surface area (Å²) in [6.07, 6.45) is 2.25. The highest BCUT2D eigenvalue weighted by atomic mass is 35.5. The third kappa shape index (κ3) is 5.93. The Bertz CT molecular complexity index is 448. The first-order valence-corrected chi connectivity index (χ1v) is 7.59. The Balaban J connectivity index is 2.42. The van der Waals surface area contributed by atoms with Gasteiger partial charge in [-0.1, -0.05) is 37.9 Å². The summed E-state index contributed by atoms with van der Waals surface area (Å²) in [6.45, 7) is 8.80. The van der Waals surface area contributed by atoms with E-state index in [0.29, 0.717) is 23.5 Å². The number of carbonyl (C=O) groups excluding carboxylic acids is 1. The van der Waals surface area contributed by atoms with E-state index in [1.807, 2.05) is 19.1 Å². The van der Waals surface area contributed by atoms with Crippen molar-refractivity contribution in [2.45, 2.75) is 46.6 Å². The molecule has 0 aliphatic heterocycles. The van der Waals surface area contributed by atoms with Crippen molar-refractivity contribution in [3.63, 3.8) is 0 Å². The summed E-state index contributed by atoms with van der Waals surface area (Å²) in [5, 5.41) is 6.77. The molecule has 1 aromatic carbocycles. The zero-order valence-electron chi connectivity index (χ0n) is 12.8. The molecular formula is C16H25ClN2O. The molecule has 4 heteroatoms. The van der Waals surface area contributed by atoms with E-state index in [4.69, 9.17) is 11.6 Å². The van der Waals surface area contributed by atoms with E-state index >= 15 is 0 Å². The van der Waals surface area contributed by atoms with Gasteiger partial charge in [-0.05, 0) is 43.9 Å². The van der Waals surface area contributed by atoms with Crippen LogP contribution < -0.4 is 10.6 Å². The van der Waals surface area contributed by atoms with Gasteiger partial charge in [-0.2, -0.15) is 0 Å². The summed E-state index contributed by atoms with van der Waals surface area (Å²) in [6, 6.07) is 5.84. The minimum absolute atomic E-state index is 0.0358. The Morgan fingerprint density at radius 3 is 2.70 bits per heavy atom. The van der Waals surface area contributed by atoms with Crippen LogP contribution >= 0.6 is 11.6 Å². The lowest BCUT2D eigenvalue weighted by Crippen LogP contribution is -2.35. The number of hydrogen-bond donors (Lipinski definition) is 2. The van der Waals surface area contributed by atoms with Gasteiger partial charge in [0.15, 0.2) is 0 Å². The van der Waals surface area contributed by atoms with Gasteiger partial charge in [0, 0.05) is 16.8 Å². The van der Waals surface area contributed by atoms with E-state index in [2.05, 4.69) is 31.4 Å².